The Labute approximate surface area is 123 Å². The molecular formula is C14H8N4O2S. The number of anilines is 1. The van der Waals surface area contributed by atoms with Crippen molar-refractivity contribution in [1.82, 2.24) is 10.2 Å². The van der Waals surface area contributed by atoms with E-state index in [9.17, 15) is 4.79 Å². The molecule has 3 rings (SSSR count). The fraction of sp³-hybridized carbons (Fsp3) is 0. The summed E-state index contributed by atoms with van der Waals surface area (Å²) < 4.78 is 5.36. The largest absolute Gasteiger partial charge is 0.403 e. The van der Waals surface area contributed by atoms with Crippen LogP contribution in [-0.4, -0.2) is 16.1 Å². The van der Waals surface area contributed by atoms with Crippen LogP contribution in [0, 0.1) is 11.3 Å². The number of thiophene rings is 1. The molecule has 3 aromatic rings. The standard InChI is InChI=1S/C14H8N4O2S/c15-7-9-2-1-3-10(6-9)12(19)16-14-18-17-13(20-14)11-4-5-21-8-11/h1-6,8H,(H,16,18,19). The van der Waals surface area contributed by atoms with Crippen LogP contribution in [0.2, 0.25) is 0 Å². The molecule has 0 radical (unpaired) electrons. The number of nitriles is 1. The third kappa shape index (κ3) is 2.80. The minimum absolute atomic E-state index is 0.0172. The summed E-state index contributed by atoms with van der Waals surface area (Å²) in [5.74, 6) is -0.0649. The summed E-state index contributed by atoms with van der Waals surface area (Å²) >= 11 is 1.51. The van der Waals surface area contributed by atoms with Crippen molar-refractivity contribution in [3.8, 4) is 17.5 Å². The van der Waals surface area contributed by atoms with E-state index < -0.39 is 5.91 Å². The van der Waals surface area contributed by atoms with Crippen LogP contribution in [0.25, 0.3) is 11.5 Å². The van der Waals surface area contributed by atoms with Crippen LogP contribution in [0.1, 0.15) is 15.9 Å². The highest BCUT2D eigenvalue weighted by atomic mass is 32.1. The van der Waals surface area contributed by atoms with E-state index in [0.29, 0.717) is 17.0 Å². The van der Waals surface area contributed by atoms with Gasteiger partial charge in [0.05, 0.1) is 11.6 Å². The van der Waals surface area contributed by atoms with E-state index in [4.69, 9.17) is 9.68 Å². The molecule has 102 valence electrons. The van der Waals surface area contributed by atoms with E-state index in [2.05, 4.69) is 15.5 Å². The monoisotopic (exact) mass is 296 g/mol. The molecule has 0 atom stereocenters. The molecule has 21 heavy (non-hydrogen) atoms. The number of hydrogen-bond donors (Lipinski definition) is 1. The fourth-order valence-corrected chi connectivity index (χ4v) is 2.31. The molecule has 0 unspecified atom stereocenters. The Morgan fingerprint density at radius 2 is 2.24 bits per heavy atom. The third-order valence-electron chi connectivity index (χ3n) is 2.67. The minimum atomic E-state index is -0.410. The first kappa shape index (κ1) is 13.0. The van der Waals surface area contributed by atoms with Crippen molar-refractivity contribution in [1.29, 1.82) is 5.26 Å². The number of amides is 1. The molecule has 0 saturated carbocycles. The van der Waals surface area contributed by atoms with Crippen molar-refractivity contribution < 1.29 is 9.21 Å². The second kappa shape index (κ2) is 5.56. The maximum Gasteiger partial charge on any atom is 0.322 e. The first-order valence-electron chi connectivity index (χ1n) is 5.94. The highest BCUT2D eigenvalue weighted by Crippen LogP contribution is 2.22. The van der Waals surface area contributed by atoms with Gasteiger partial charge in [0.25, 0.3) is 11.8 Å². The molecule has 1 N–H and O–H groups in total. The molecule has 0 aliphatic heterocycles. The number of nitrogens with one attached hydrogen (secondary N) is 1. The predicted molar refractivity (Wildman–Crippen MR) is 76.7 cm³/mol. The maximum atomic E-state index is 12.0. The zero-order valence-electron chi connectivity index (χ0n) is 10.6. The average Bonchev–Trinajstić information content (AvgIpc) is 3.18. The van der Waals surface area contributed by atoms with Crippen molar-refractivity contribution >= 4 is 23.3 Å². The summed E-state index contributed by atoms with van der Waals surface area (Å²) in [5, 5.41) is 22.7. The molecule has 1 aromatic carbocycles. The van der Waals surface area contributed by atoms with Crippen LogP contribution in [0.3, 0.4) is 0 Å². The van der Waals surface area contributed by atoms with Gasteiger partial charge in [-0.25, -0.2) is 0 Å². The summed E-state index contributed by atoms with van der Waals surface area (Å²) in [6.45, 7) is 0. The van der Waals surface area contributed by atoms with Crippen LogP contribution in [0.4, 0.5) is 6.01 Å². The predicted octanol–water partition coefficient (Wildman–Crippen LogP) is 2.92. The van der Waals surface area contributed by atoms with Gasteiger partial charge in [-0.05, 0) is 29.6 Å². The van der Waals surface area contributed by atoms with Crippen LogP contribution in [-0.2, 0) is 0 Å². The SMILES string of the molecule is N#Cc1cccc(C(=O)Nc2nnc(-c3ccsc3)o2)c1. The van der Waals surface area contributed by atoms with Gasteiger partial charge in [0.2, 0.25) is 0 Å². The van der Waals surface area contributed by atoms with E-state index >= 15 is 0 Å². The van der Waals surface area contributed by atoms with E-state index in [1.54, 1.807) is 18.2 Å². The van der Waals surface area contributed by atoms with Gasteiger partial charge < -0.3 is 4.42 Å². The van der Waals surface area contributed by atoms with Crippen LogP contribution >= 0.6 is 11.3 Å². The van der Waals surface area contributed by atoms with E-state index in [1.807, 2.05) is 22.9 Å². The lowest BCUT2D eigenvalue weighted by Gasteiger charge is -2.00. The highest BCUT2D eigenvalue weighted by molar-refractivity contribution is 7.08. The lowest BCUT2D eigenvalue weighted by atomic mass is 10.1. The molecule has 0 spiro atoms. The van der Waals surface area contributed by atoms with Crippen molar-refractivity contribution in [2.24, 2.45) is 0 Å². The van der Waals surface area contributed by atoms with Crippen LogP contribution < -0.4 is 5.32 Å². The van der Waals surface area contributed by atoms with E-state index in [1.165, 1.54) is 17.4 Å². The molecule has 0 aliphatic rings. The van der Waals surface area contributed by atoms with Gasteiger partial charge in [0, 0.05) is 16.5 Å². The van der Waals surface area contributed by atoms with E-state index in [0.717, 1.165) is 5.56 Å². The first-order valence-corrected chi connectivity index (χ1v) is 6.88. The molecule has 0 bridgehead atoms. The Hall–Kier alpha value is -2.98. The number of carbonyl (C=O) groups is 1. The number of benzene rings is 1. The van der Waals surface area contributed by atoms with Crippen molar-refractivity contribution in [2.75, 3.05) is 5.32 Å². The van der Waals surface area contributed by atoms with Gasteiger partial charge in [-0.3, -0.25) is 10.1 Å². The molecule has 0 aliphatic carbocycles. The summed E-state index contributed by atoms with van der Waals surface area (Å²) in [6.07, 6.45) is 0. The lowest BCUT2D eigenvalue weighted by molar-refractivity contribution is 0.102. The molecule has 6 nitrogen and oxygen atoms in total. The number of rotatable bonds is 3. The minimum Gasteiger partial charge on any atom is -0.403 e. The Morgan fingerprint density at radius 3 is 3.00 bits per heavy atom. The van der Waals surface area contributed by atoms with Gasteiger partial charge in [0.15, 0.2) is 0 Å². The van der Waals surface area contributed by atoms with Gasteiger partial charge in [-0.2, -0.15) is 16.6 Å². The van der Waals surface area contributed by atoms with Crippen LogP contribution in [0.15, 0.2) is 45.5 Å². The summed E-state index contributed by atoms with van der Waals surface area (Å²) in [5.41, 5.74) is 1.57. The molecule has 0 fully saturated rings. The summed E-state index contributed by atoms with van der Waals surface area (Å²) in [6, 6.07) is 10.2. The number of hydrogen-bond acceptors (Lipinski definition) is 6. The third-order valence-corrected chi connectivity index (χ3v) is 3.35. The van der Waals surface area contributed by atoms with Gasteiger partial charge in [-0.1, -0.05) is 11.2 Å². The molecular weight excluding hydrogens is 288 g/mol. The zero-order chi connectivity index (χ0) is 14.7. The molecule has 2 aromatic heterocycles. The topological polar surface area (TPSA) is 91.8 Å². The van der Waals surface area contributed by atoms with Crippen molar-refractivity contribution in [3.63, 3.8) is 0 Å². The fourth-order valence-electron chi connectivity index (χ4n) is 1.68. The van der Waals surface area contributed by atoms with Crippen LogP contribution in [0.5, 0.6) is 0 Å². The zero-order valence-corrected chi connectivity index (χ0v) is 11.4. The lowest BCUT2D eigenvalue weighted by Crippen LogP contribution is -2.12. The number of nitrogens with zero attached hydrogens (tertiary/aromatic N) is 3. The molecule has 1 amide bonds. The molecule has 7 heteroatoms. The maximum absolute atomic E-state index is 12.0. The van der Waals surface area contributed by atoms with E-state index in [-0.39, 0.29) is 6.01 Å². The quantitative estimate of drug-likeness (QED) is 0.802. The highest BCUT2D eigenvalue weighted by Gasteiger charge is 2.13. The normalized spacial score (nSPS) is 10.0. The number of carbonyl (C=O) groups excluding carboxylic acids is 1. The van der Waals surface area contributed by atoms with Crippen molar-refractivity contribution in [2.45, 2.75) is 0 Å². The van der Waals surface area contributed by atoms with Gasteiger partial charge in [-0.15, -0.1) is 5.10 Å². The Balaban J connectivity index is 1.77. The average molecular weight is 296 g/mol. The molecule has 2 heterocycles. The second-order valence-corrected chi connectivity index (χ2v) is 4.85. The Bertz CT molecular complexity index is 818. The van der Waals surface area contributed by atoms with Gasteiger partial charge >= 0.3 is 6.01 Å². The first-order chi connectivity index (χ1) is 10.3. The second-order valence-electron chi connectivity index (χ2n) is 4.07. The van der Waals surface area contributed by atoms with Crippen molar-refractivity contribution in [3.05, 3.63) is 52.2 Å². The summed E-state index contributed by atoms with van der Waals surface area (Å²) in [7, 11) is 0. The number of aromatic nitrogens is 2. The Morgan fingerprint density at radius 1 is 1.33 bits per heavy atom. The molecule has 0 saturated heterocycles. The van der Waals surface area contributed by atoms with Gasteiger partial charge in [0.1, 0.15) is 0 Å². The summed E-state index contributed by atoms with van der Waals surface area (Å²) in [4.78, 5) is 12.0. The Kier molecular flexibility index (Phi) is 3.45. The smallest absolute Gasteiger partial charge is 0.322 e.